The van der Waals surface area contributed by atoms with E-state index in [9.17, 15) is 17.6 Å². The molecule has 0 fully saturated rings. The average Bonchev–Trinajstić information content (AvgIpc) is 3.10. The van der Waals surface area contributed by atoms with Crippen molar-refractivity contribution in [2.24, 2.45) is 0 Å². The van der Waals surface area contributed by atoms with Crippen LogP contribution in [0.2, 0.25) is 5.02 Å². The third-order valence-electron chi connectivity index (χ3n) is 3.79. The van der Waals surface area contributed by atoms with Gasteiger partial charge in [-0.05, 0) is 42.5 Å². The van der Waals surface area contributed by atoms with Gasteiger partial charge in [-0.15, -0.1) is 5.10 Å². The van der Waals surface area contributed by atoms with Crippen LogP contribution in [0.3, 0.4) is 0 Å². The van der Waals surface area contributed by atoms with Crippen molar-refractivity contribution in [1.82, 2.24) is 19.5 Å². The van der Waals surface area contributed by atoms with E-state index in [4.69, 9.17) is 11.6 Å². The van der Waals surface area contributed by atoms with E-state index in [1.54, 1.807) is 0 Å². The summed E-state index contributed by atoms with van der Waals surface area (Å²) in [6, 6.07) is 9.38. The first-order valence-electron chi connectivity index (χ1n) is 7.90. The summed E-state index contributed by atoms with van der Waals surface area (Å²) >= 11 is 6.05. The standard InChI is InChI=1S/C17H15ClFN5O3S/c1-24(2)28(26,27)12-7-8-14(18)13(9-12)16(25)21-17-20-15(22-23-17)10-3-5-11(19)6-4-10/h3-9H,1-2H3,(H2,20,21,22,23,25). The second-order valence-corrected chi connectivity index (χ2v) is 8.46. The Morgan fingerprint density at radius 1 is 1.18 bits per heavy atom. The lowest BCUT2D eigenvalue weighted by Crippen LogP contribution is -2.23. The monoisotopic (exact) mass is 423 g/mol. The number of rotatable bonds is 5. The molecule has 0 radical (unpaired) electrons. The highest BCUT2D eigenvalue weighted by Gasteiger charge is 2.21. The number of amides is 1. The number of benzene rings is 2. The Bertz CT molecular complexity index is 1130. The van der Waals surface area contributed by atoms with Crippen LogP contribution < -0.4 is 5.32 Å². The van der Waals surface area contributed by atoms with E-state index < -0.39 is 15.9 Å². The molecule has 0 atom stereocenters. The molecular formula is C17H15ClFN5O3S. The fourth-order valence-corrected chi connectivity index (χ4v) is 3.40. The highest BCUT2D eigenvalue weighted by molar-refractivity contribution is 7.89. The van der Waals surface area contributed by atoms with Gasteiger partial charge in [0.2, 0.25) is 16.0 Å². The second-order valence-electron chi connectivity index (χ2n) is 5.90. The zero-order valence-electron chi connectivity index (χ0n) is 14.8. The average molecular weight is 424 g/mol. The van der Waals surface area contributed by atoms with Crippen molar-refractivity contribution in [3.8, 4) is 11.4 Å². The van der Waals surface area contributed by atoms with Gasteiger partial charge in [0.1, 0.15) is 5.82 Å². The lowest BCUT2D eigenvalue weighted by Gasteiger charge is -2.12. The van der Waals surface area contributed by atoms with E-state index in [2.05, 4.69) is 20.5 Å². The molecule has 2 aromatic carbocycles. The van der Waals surface area contributed by atoms with Crippen LogP contribution in [0.15, 0.2) is 47.4 Å². The maximum absolute atomic E-state index is 13.0. The molecule has 0 unspecified atom stereocenters. The van der Waals surface area contributed by atoms with E-state index in [1.165, 1.54) is 56.6 Å². The van der Waals surface area contributed by atoms with Crippen molar-refractivity contribution in [1.29, 1.82) is 0 Å². The summed E-state index contributed by atoms with van der Waals surface area (Å²) in [5.41, 5.74) is 0.532. The summed E-state index contributed by atoms with van der Waals surface area (Å²) in [4.78, 5) is 16.6. The van der Waals surface area contributed by atoms with E-state index in [-0.39, 0.29) is 27.2 Å². The summed E-state index contributed by atoms with van der Waals surface area (Å²) < 4.78 is 38.6. The molecule has 0 aliphatic rings. The molecule has 0 saturated heterocycles. The number of aromatic amines is 1. The minimum Gasteiger partial charge on any atom is -0.289 e. The number of carbonyl (C=O) groups excluding carboxylic acids is 1. The van der Waals surface area contributed by atoms with Gasteiger partial charge in [0.15, 0.2) is 5.82 Å². The number of aromatic nitrogens is 3. The van der Waals surface area contributed by atoms with Crippen LogP contribution in [-0.2, 0) is 10.0 Å². The van der Waals surface area contributed by atoms with Crippen LogP contribution >= 0.6 is 11.6 Å². The van der Waals surface area contributed by atoms with Crippen LogP contribution in [0.5, 0.6) is 0 Å². The predicted molar refractivity (Wildman–Crippen MR) is 102 cm³/mol. The molecule has 0 saturated carbocycles. The zero-order chi connectivity index (χ0) is 20.5. The Morgan fingerprint density at radius 2 is 1.86 bits per heavy atom. The van der Waals surface area contributed by atoms with Crippen LogP contribution in [0.1, 0.15) is 10.4 Å². The summed E-state index contributed by atoms with van der Waals surface area (Å²) in [5, 5.41) is 9.03. The van der Waals surface area contributed by atoms with Crippen LogP contribution in [0, 0.1) is 5.82 Å². The number of nitrogens with one attached hydrogen (secondary N) is 2. The molecule has 28 heavy (non-hydrogen) atoms. The van der Waals surface area contributed by atoms with Crippen LogP contribution in [-0.4, -0.2) is 47.9 Å². The topological polar surface area (TPSA) is 108 Å². The Kier molecular flexibility index (Phi) is 5.45. The number of carbonyl (C=O) groups is 1. The lowest BCUT2D eigenvalue weighted by atomic mass is 10.2. The molecule has 3 rings (SSSR count). The summed E-state index contributed by atoms with van der Waals surface area (Å²) in [5.74, 6) is -0.781. The largest absolute Gasteiger partial charge is 0.289 e. The minimum atomic E-state index is -3.73. The zero-order valence-corrected chi connectivity index (χ0v) is 16.3. The second kappa shape index (κ2) is 7.66. The van der Waals surface area contributed by atoms with Gasteiger partial charge in [0, 0.05) is 19.7 Å². The van der Waals surface area contributed by atoms with Gasteiger partial charge in [-0.1, -0.05) is 11.6 Å². The number of hydrogen-bond acceptors (Lipinski definition) is 5. The number of H-pyrrole nitrogens is 1. The Hall–Kier alpha value is -2.82. The maximum Gasteiger partial charge on any atom is 0.259 e. The summed E-state index contributed by atoms with van der Waals surface area (Å²) in [7, 11) is -0.965. The van der Waals surface area contributed by atoms with Gasteiger partial charge < -0.3 is 0 Å². The number of anilines is 1. The normalized spacial score (nSPS) is 11.6. The summed E-state index contributed by atoms with van der Waals surface area (Å²) in [6.45, 7) is 0. The van der Waals surface area contributed by atoms with Crippen molar-refractivity contribution in [3.63, 3.8) is 0 Å². The predicted octanol–water partition coefficient (Wildman–Crippen LogP) is 2.77. The first kappa shape index (κ1) is 19.9. The fourth-order valence-electron chi connectivity index (χ4n) is 2.27. The van der Waals surface area contributed by atoms with E-state index in [1.807, 2.05) is 0 Å². The molecule has 1 heterocycles. The van der Waals surface area contributed by atoms with Crippen molar-refractivity contribution in [2.45, 2.75) is 4.90 Å². The Morgan fingerprint density at radius 3 is 2.50 bits per heavy atom. The molecule has 0 aliphatic carbocycles. The molecule has 3 aromatic rings. The molecule has 0 bridgehead atoms. The number of hydrogen-bond donors (Lipinski definition) is 2. The van der Waals surface area contributed by atoms with Gasteiger partial charge in [-0.2, -0.15) is 4.98 Å². The quantitative estimate of drug-likeness (QED) is 0.656. The fraction of sp³-hybridized carbons (Fsp3) is 0.118. The molecular weight excluding hydrogens is 409 g/mol. The van der Waals surface area contributed by atoms with Crippen molar-refractivity contribution in [2.75, 3.05) is 19.4 Å². The van der Waals surface area contributed by atoms with Gasteiger partial charge in [0.05, 0.1) is 15.5 Å². The molecule has 0 spiro atoms. The first-order valence-corrected chi connectivity index (χ1v) is 9.72. The van der Waals surface area contributed by atoms with E-state index >= 15 is 0 Å². The number of sulfonamides is 1. The molecule has 2 N–H and O–H groups in total. The summed E-state index contributed by atoms with van der Waals surface area (Å²) in [6.07, 6.45) is 0. The Labute approximate surface area is 165 Å². The molecule has 146 valence electrons. The third-order valence-corrected chi connectivity index (χ3v) is 5.93. The van der Waals surface area contributed by atoms with E-state index in [0.717, 1.165) is 4.31 Å². The van der Waals surface area contributed by atoms with Crippen molar-refractivity contribution < 1.29 is 17.6 Å². The maximum atomic E-state index is 13.0. The third kappa shape index (κ3) is 4.03. The van der Waals surface area contributed by atoms with Crippen LogP contribution in [0.4, 0.5) is 10.3 Å². The molecule has 8 nitrogen and oxygen atoms in total. The van der Waals surface area contributed by atoms with E-state index in [0.29, 0.717) is 11.4 Å². The van der Waals surface area contributed by atoms with Crippen molar-refractivity contribution in [3.05, 3.63) is 58.9 Å². The highest BCUT2D eigenvalue weighted by atomic mass is 35.5. The van der Waals surface area contributed by atoms with Gasteiger partial charge >= 0.3 is 0 Å². The minimum absolute atomic E-state index is 0.0405. The molecule has 1 aromatic heterocycles. The Balaban J connectivity index is 1.85. The molecule has 0 aliphatic heterocycles. The van der Waals surface area contributed by atoms with Crippen molar-refractivity contribution >= 4 is 33.5 Å². The lowest BCUT2D eigenvalue weighted by molar-refractivity contribution is 0.102. The van der Waals surface area contributed by atoms with Gasteiger partial charge in [-0.3, -0.25) is 15.2 Å². The number of nitrogens with zero attached hydrogens (tertiary/aromatic N) is 3. The SMILES string of the molecule is CN(C)S(=O)(=O)c1ccc(Cl)c(C(=O)Nc2n[nH]c(-c3ccc(F)cc3)n2)c1. The molecule has 1 amide bonds. The number of halogens is 2. The smallest absolute Gasteiger partial charge is 0.259 e. The van der Waals surface area contributed by atoms with Gasteiger partial charge in [0.25, 0.3) is 5.91 Å². The first-order chi connectivity index (χ1) is 13.2. The highest BCUT2D eigenvalue weighted by Crippen LogP contribution is 2.23. The molecule has 11 heteroatoms. The van der Waals surface area contributed by atoms with Crippen LogP contribution in [0.25, 0.3) is 11.4 Å². The van der Waals surface area contributed by atoms with Gasteiger partial charge in [-0.25, -0.2) is 17.1 Å².